The van der Waals surface area contributed by atoms with E-state index in [4.69, 9.17) is 5.11 Å². The van der Waals surface area contributed by atoms with Crippen molar-refractivity contribution in [3.05, 3.63) is 21.4 Å². The van der Waals surface area contributed by atoms with E-state index >= 15 is 0 Å². The number of ketones is 1. The van der Waals surface area contributed by atoms with E-state index in [0.717, 1.165) is 9.75 Å². The Kier molecular flexibility index (Phi) is 4.77. The van der Waals surface area contributed by atoms with Gasteiger partial charge in [-0.2, -0.15) is 0 Å². The number of carbonyl (C=O) groups is 3. The quantitative estimate of drug-likeness (QED) is 0.847. The Labute approximate surface area is 127 Å². The van der Waals surface area contributed by atoms with Gasteiger partial charge in [-0.1, -0.05) is 0 Å². The van der Waals surface area contributed by atoms with Gasteiger partial charge in [-0.25, -0.2) is 0 Å². The van der Waals surface area contributed by atoms with E-state index in [-0.39, 0.29) is 31.1 Å². The number of carboxylic acid groups (broad SMARTS) is 1. The molecule has 1 saturated heterocycles. The van der Waals surface area contributed by atoms with Gasteiger partial charge in [0.05, 0.1) is 5.92 Å². The average Bonchev–Trinajstić information content (AvgIpc) is 3.02. The van der Waals surface area contributed by atoms with Crippen molar-refractivity contribution in [2.24, 2.45) is 5.92 Å². The second-order valence-electron chi connectivity index (χ2n) is 5.41. The van der Waals surface area contributed by atoms with Gasteiger partial charge in [0.25, 0.3) is 0 Å². The maximum absolute atomic E-state index is 12.1. The van der Waals surface area contributed by atoms with E-state index in [0.29, 0.717) is 18.5 Å². The summed E-state index contributed by atoms with van der Waals surface area (Å²) in [6.45, 7) is 4.60. The molecule has 1 unspecified atom stereocenters. The number of rotatable bonds is 5. The molecule has 1 amide bonds. The first-order valence-electron chi connectivity index (χ1n) is 6.99. The van der Waals surface area contributed by atoms with Gasteiger partial charge in [-0.05, 0) is 26.3 Å². The van der Waals surface area contributed by atoms with Crippen LogP contribution in [0.3, 0.4) is 0 Å². The van der Waals surface area contributed by atoms with E-state index in [1.165, 1.54) is 0 Å². The zero-order valence-electron chi connectivity index (χ0n) is 12.2. The SMILES string of the molecule is Cc1cc(C(=O)CCC(=O)N2CCC(C(=O)O)C2)c(C)s1. The van der Waals surface area contributed by atoms with E-state index < -0.39 is 11.9 Å². The summed E-state index contributed by atoms with van der Waals surface area (Å²) in [5.41, 5.74) is 0.704. The van der Waals surface area contributed by atoms with Gasteiger partial charge in [0.1, 0.15) is 0 Å². The Morgan fingerprint density at radius 2 is 2.05 bits per heavy atom. The Morgan fingerprint density at radius 1 is 1.33 bits per heavy atom. The molecular weight excluding hydrogens is 290 g/mol. The van der Waals surface area contributed by atoms with E-state index in [2.05, 4.69) is 0 Å². The molecule has 114 valence electrons. The van der Waals surface area contributed by atoms with Crippen LogP contribution in [-0.2, 0) is 9.59 Å². The van der Waals surface area contributed by atoms with Crippen LogP contribution in [-0.4, -0.2) is 40.8 Å². The van der Waals surface area contributed by atoms with Gasteiger partial charge < -0.3 is 10.0 Å². The lowest BCUT2D eigenvalue weighted by atomic mass is 10.1. The van der Waals surface area contributed by atoms with Crippen molar-refractivity contribution in [2.75, 3.05) is 13.1 Å². The van der Waals surface area contributed by atoms with E-state index in [9.17, 15) is 14.4 Å². The van der Waals surface area contributed by atoms with Crippen molar-refractivity contribution < 1.29 is 19.5 Å². The van der Waals surface area contributed by atoms with Gasteiger partial charge in [0, 0.05) is 41.2 Å². The summed E-state index contributed by atoms with van der Waals surface area (Å²) in [7, 11) is 0. The highest BCUT2D eigenvalue weighted by Crippen LogP contribution is 2.23. The first-order valence-corrected chi connectivity index (χ1v) is 7.81. The number of carboxylic acids is 1. The third kappa shape index (κ3) is 3.69. The lowest BCUT2D eigenvalue weighted by Crippen LogP contribution is -2.30. The number of amides is 1. The molecule has 2 heterocycles. The summed E-state index contributed by atoms with van der Waals surface area (Å²) < 4.78 is 0. The highest BCUT2D eigenvalue weighted by molar-refractivity contribution is 7.12. The third-order valence-electron chi connectivity index (χ3n) is 3.80. The molecule has 6 heteroatoms. The molecule has 2 rings (SSSR count). The number of likely N-dealkylation sites (tertiary alicyclic amines) is 1. The van der Waals surface area contributed by atoms with E-state index in [1.807, 2.05) is 19.9 Å². The number of Topliss-reactive ketones (excluding diaryl/α,β-unsaturated/α-hetero) is 1. The van der Waals surface area contributed by atoms with Crippen LogP contribution in [0.25, 0.3) is 0 Å². The summed E-state index contributed by atoms with van der Waals surface area (Å²) in [5.74, 6) is -1.46. The number of thiophene rings is 1. The van der Waals surface area contributed by atoms with Crippen LogP contribution >= 0.6 is 11.3 Å². The number of aliphatic carboxylic acids is 1. The van der Waals surface area contributed by atoms with Crippen molar-refractivity contribution in [1.29, 1.82) is 0 Å². The number of hydrogen-bond donors (Lipinski definition) is 1. The molecule has 0 aromatic carbocycles. The predicted molar refractivity (Wildman–Crippen MR) is 79.7 cm³/mol. The molecule has 1 aliphatic heterocycles. The van der Waals surface area contributed by atoms with Crippen LogP contribution in [0, 0.1) is 19.8 Å². The molecule has 1 N–H and O–H groups in total. The molecule has 1 aromatic rings. The fourth-order valence-electron chi connectivity index (χ4n) is 2.61. The van der Waals surface area contributed by atoms with Gasteiger partial charge in [0.2, 0.25) is 5.91 Å². The summed E-state index contributed by atoms with van der Waals surface area (Å²) >= 11 is 1.58. The molecule has 1 atom stereocenters. The Morgan fingerprint density at radius 3 is 2.57 bits per heavy atom. The molecule has 21 heavy (non-hydrogen) atoms. The minimum Gasteiger partial charge on any atom is -0.481 e. The first-order chi connectivity index (χ1) is 9.88. The van der Waals surface area contributed by atoms with Crippen molar-refractivity contribution in [1.82, 2.24) is 4.90 Å². The maximum atomic E-state index is 12.1. The molecule has 1 aliphatic rings. The number of nitrogens with zero attached hydrogens (tertiary/aromatic N) is 1. The average molecular weight is 309 g/mol. The minimum absolute atomic E-state index is 0.0146. The highest BCUT2D eigenvalue weighted by atomic mass is 32.1. The maximum Gasteiger partial charge on any atom is 0.308 e. The molecule has 0 saturated carbocycles. The topological polar surface area (TPSA) is 74.7 Å². The smallest absolute Gasteiger partial charge is 0.308 e. The molecule has 1 fully saturated rings. The standard InChI is InChI=1S/C15H19NO4S/c1-9-7-12(10(2)21-9)13(17)3-4-14(18)16-6-5-11(8-16)15(19)20/h7,11H,3-6,8H2,1-2H3,(H,19,20). The summed E-state index contributed by atoms with van der Waals surface area (Å²) in [5, 5.41) is 8.92. The Bertz CT molecular complexity index is 578. The zero-order valence-corrected chi connectivity index (χ0v) is 13.0. The van der Waals surface area contributed by atoms with Gasteiger partial charge >= 0.3 is 5.97 Å². The fourth-order valence-corrected chi connectivity index (χ4v) is 3.55. The molecule has 1 aromatic heterocycles. The zero-order chi connectivity index (χ0) is 15.6. The molecule has 0 bridgehead atoms. The molecule has 0 radical (unpaired) electrons. The highest BCUT2D eigenvalue weighted by Gasteiger charge is 2.30. The Balaban J connectivity index is 1.86. The van der Waals surface area contributed by atoms with Crippen LogP contribution in [0.4, 0.5) is 0 Å². The van der Waals surface area contributed by atoms with Crippen LogP contribution in [0.1, 0.15) is 39.4 Å². The van der Waals surface area contributed by atoms with Crippen molar-refractivity contribution in [2.45, 2.75) is 33.1 Å². The first kappa shape index (κ1) is 15.7. The predicted octanol–water partition coefficient (Wildman–Crippen LogP) is 2.26. The fraction of sp³-hybridized carbons (Fsp3) is 0.533. The van der Waals surface area contributed by atoms with Gasteiger partial charge in [-0.3, -0.25) is 14.4 Å². The summed E-state index contributed by atoms with van der Waals surface area (Å²) in [6.07, 6.45) is 0.835. The lowest BCUT2D eigenvalue weighted by molar-refractivity contribution is -0.141. The lowest BCUT2D eigenvalue weighted by Gasteiger charge is -2.15. The van der Waals surface area contributed by atoms with Gasteiger partial charge in [-0.15, -0.1) is 11.3 Å². The molecule has 5 nitrogen and oxygen atoms in total. The monoisotopic (exact) mass is 309 g/mol. The molecule has 0 aliphatic carbocycles. The largest absolute Gasteiger partial charge is 0.481 e. The molecule has 0 spiro atoms. The van der Waals surface area contributed by atoms with Crippen LogP contribution in [0.2, 0.25) is 0 Å². The van der Waals surface area contributed by atoms with Crippen molar-refractivity contribution >= 4 is 29.0 Å². The number of carbonyl (C=O) groups excluding carboxylic acids is 2. The second kappa shape index (κ2) is 6.39. The van der Waals surface area contributed by atoms with E-state index in [1.54, 1.807) is 16.2 Å². The summed E-state index contributed by atoms with van der Waals surface area (Å²) in [6, 6.07) is 1.86. The molecular formula is C15H19NO4S. The third-order valence-corrected chi connectivity index (χ3v) is 4.76. The van der Waals surface area contributed by atoms with Gasteiger partial charge in [0.15, 0.2) is 5.78 Å². The Hall–Kier alpha value is -1.69. The normalized spacial score (nSPS) is 18.0. The second-order valence-corrected chi connectivity index (χ2v) is 6.87. The van der Waals surface area contributed by atoms with Crippen LogP contribution in [0.15, 0.2) is 6.07 Å². The van der Waals surface area contributed by atoms with Crippen molar-refractivity contribution in [3.63, 3.8) is 0 Å². The number of hydrogen-bond acceptors (Lipinski definition) is 4. The van der Waals surface area contributed by atoms with Crippen LogP contribution in [0.5, 0.6) is 0 Å². The van der Waals surface area contributed by atoms with Crippen molar-refractivity contribution in [3.8, 4) is 0 Å². The summed E-state index contributed by atoms with van der Waals surface area (Å²) in [4.78, 5) is 38.6. The van der Waals surface area contributed by atoms with Crippen LogP contribution < -0.4 is 0 Å². The number of aryl methyl sites for hydroxylation is 2. The minimum atomic E-state index is -0.856.